The van der Waals surface area contributed by atoms with E-state index >= 15 is 0 Å². The molecule has 1 fully saturated rings. The van der Waals surface area contributed by atoms with Gasteiger partial charge in [0.15, 0.2) is 0 Å². The molecule has 7 heteroatoms. The monoisotopic (exact) mass is 423 g/mol. The molecule has 0 bridgehead atoms. The minimum Gasteiger partial charge on any atom is -0.411 e. The average molecular weight is 424 g/mol. The number of hydrogen-bond donors (Lipinski definition) is 0. The number of hydrogen-bond acceptors (Lipinski definition) is 5. The van der Waals surface area contributed by atoms with Gasteiger partial charge in [-0.25, -0.2) is 0 Å². The van der Waals surface area contributed by atoms with E-state index in [4.69, 9.17) is 4.42 Å². The Labute approximate surface area is 160 Å². The minimum atomic E-state index is -0.245. The first-order valence-electron chi connectivity index (χ1n) is 8.57. The van der Waals surface area contributed by atoms with Crippen molar-refractivity contribution in [2.75, 3.05) is 7.05 Å². The number of carbonyl (C=O) groups is 1. The maximum absolute atomic E-state index is 12.7. The summed E-state index contributed by atoms with van der Waals surface area (Å²) in [6, 6.07) is 8.05. The lowest BCUT2D eigenvalue weighted by atomic mass is 9.94. The van der Waals surface area contributed by atoms with Crippen molar-refractivity contribution in [2.24, 2.45) is 0 Å². The number of aromatic nitrogens is 2. The summed E-state index contributed by atoms with van der Waals surface area (Å²) >= 11 is 4.73. The molecule has 5 nitrogen and oxygen atoms in total. The number of rotatable bonds is 5. The highest BCUT2D eigenvalue weighted by molar-refractivity contribution is 9.10. The highest BCUT2D eigenvalue weighted by Crippen LogP contribution is 2.29. The topological polar surface area (TPSA) is 59.2 Å². The first-order chi connectivity index (χ1) is 12.0. The Morgan fingerprint density at radius 3 is 2.60 bits per heavy atom. The molecule has 2 aromatic rings. The predicted octanol–water partition coefficient (Wildman–Crippen LogP) is 4.77. The van der Waals surface area contributed by atoms with Gasteiger partial charge in [0.1, 0.15) is 0 Å². The summed E-state index contributed by atoms with van der Waals surface area (Å²) in [6.45, 7) is 1.90. The van der Waals surface area contributed by atoms with Crippen molar-refractivity contribution in [1.29, 1.82) is 0 Å². The standard InChI is InChI=1S/C18H22BrN3O2S/c1-12(17(23)22(2)15-6-4-3-5-7-15)25-18-21-20-16(24-18)13-8-10-14(19)11-9-13/h8-12,15H,3-7H2,1-2H3. The molecule has 1 aromatic heterocycles. The molecule has 0 aliphatic heterocycles. The number of benzene rings is 1. The van der Waals surface area contributed by atoms with Crippen molar-refractivity contribution in [3.8, 4) is 11.5 Å². The van der Waals surface area contributed by atoms with Crippen molar-refractivity contribution in [2.45, 2.75) is 55.5 Å². The normalized spacial score (nSPS) is 16.6. The van der Waals surface area contributed by atoms with Gasteiger partial charge in [-0.2, -0.15) is 0 Å². The highest BCUT2D eigenvalue weighted by atomic mass is 79.9. The Hall–Kier alpha value is -1.34. The molecule has 0 saturated heterocycles. The fourth-order valence-corrected chi connectivity index (χ4v) is 4.15. The van der Waals surface area contributed by atoms with Gasteiger partial charge in [-0.15, -0.1) is 10.2 Å². The zero-order chi connectivity index (χ0) is 17.8. The zero-order valence-electron chi connectivity index (χ0n) is 14.4. The first-order valence-corrected chi connectivity index (χ1v) is 10.2. The summed E-state index contributed by atoms with van der Waals surface area (Å²) in [7, 11) is 1.91. The van der Waals surface area contributed by atoms with Gasteiger partial charge in [0.05, 0.1) is 5.25 Å². The van der Waals surface area contributed by atoms with Gasteiger partial charge in [-0.05, 0) is 44.0 Å². The van der Waals surface area contributed by atoms with Gasteiger partial charge in [0.2, 0.25) is 11.8 Å². The second-order valence-electron chi connectivity index (χ2n) is 6.38. The third-order valence-electron chi connectivity index (χ3n) is 4.59. The van der Waals surface area contributed by atoms with Crippen molar-refractivity contribution in [3.63, 3.8) is 0 Å². The zero-order valence-corrected chi connectivity index (χ0v) is 16.8. The second kappa shape index (κ2) is 8.36. The lowest BCUT2D eigenvalue weighted by Gasteiger charge is -2.32. The van der Waals surface area contributed by atoms with Crippen molar-refractivity contribution >= 4 is 33.6 Å². The Balaban J connectivity index is 1.61. The van der Waals surface area contributed by atoms with Crippen LogP contribution in [0.2, 0.25) is 0 Å². The van der Waals surface area contributed by atoms with Crippen LogP contribution in [0.4, 0.5) is 0 Å². The van der Waals surface area contributed by atoms with Gasteiger partial charge in [0.25, 0.3) is 5.22 Å². The van der Waals surface area contributed by atoms with E-state index in [-0.39, 0.29) is 11.2 Å². The lowest BCUT2D eigenvalue weighted by molar-refractivity contribution is -0.131. The fourth-order valence-electron chi connectivity index (χ4n) is 3.10. The van der Waals surface area contributed by atoms with Gasteiger partial charge < -0.3 is 9.32 Å². The quantitative estimate of drug-likeness (QED) is 0.647. The van der Waals surface area contributed by atoms with E-state index in [9.17, 15) is 4.79 Å². The van der Waals surface area contributed by atoms with Crippen molar-refractivity contribution < 1.29 is 9.21 Å². The van der Waals surface area contributed by atoms with E-state index < -0.39 is 0 Å². The fraction of sp³-hybridized carbons (Fsp3) is 0.500. The molecule has 0 spiro atoms. The minimum absolute atomic E-state index is 0.125. The van der Waals surface area contributed by atoms with E-state index in [2.05, 4.69) is 26.1 Å². The first kappa shape index (κ1) is 18.5. The predicted molar refractivity (Wildman–Crippen MR) is 102 cm³/mol. The van der Waals surface area contributed by atoms with E-state index in [1.165, 1.54) is 31.0 Å². The van der Waals surface area contributed by atoms with Crippen LogP contribution in [0.15, 0.2) is 38.4 Å². The summed E-state index contributed by atoms with van der Waals surface area (Å²) in [5.74, 6) is 0.593. The molecule has 1 aliphatic carbocycles. The van der Waals surface area contributed by atoms with Crippen molar-refractivity contribution in [1.82, 2.24) is 15.1 Å². The Bertz CT molecular complexity index is 713. The van der Waals surface area contributed by atoms with Crippen LogP contribution in [0.5, 0.6) is 0 Å². The molecule has 1 atom stereocenters. The van der Waals surface area contributed by atoms with E-state index in [1.807, 2.05) is 43.1 Å². The van der Waals surface area contributed by atoms with Gasteiger partial charge in [-0.1, -0.05) is 47.0 Å². The molecule has 3 rings (SSSR count). The smallest absolute Gasteiger partial charge is 0.277 e. The number of thioether (sulfide) groups is 1. The number of amides is 1. The molecule has 1 aromatic carbocycles. The van der Waals surface area contributed by atoms with Crippen LogP contribution in [0.3, 0.4) is 0 Å². The molecule has 1 amide bonds. The Kier molecular flexibility index (Phi) is 6.17. The summed E-state index contributed by atoms with van der Waals surface area (Å²) < 4.78 is 6.71. The summed E-state index contributed by atoms with van der Waals surface area (Å²) in [4.78, 5) is 14.6. The Morgan fingerprint density at radius 2 is 1.92 bits per heavy atom. The number of carbonyl (C=O) groups excluding carboxylic acids is 1. The lowest BCUT2D eigenvalue weighted by Crippen LogP contribution is -2.42. The van der Waals surface area contributed by atoms with E-state index in [0.717, 1.165) is 22.9 Å². The third kappa shape index (κ3) is 4.64. The largest absolute Gasteiger partial charge is 0.411 e. The third-order valence-corrected chi connectivity index (χ3v) is 6.04. The molecule has 1 unspecified atom stereocenters. The molecule has 1 heterocycles. The summed E-state index contributed by atoms with van der Waals surface area (Å²) in [5, 5.41) is 8.34. The van der Waals surface area contributed by atoms with Gasteiger partial charge in [-0.3, -0.25) is 4.79 Å². The van der Waals surface area contributed by atoms with Gasteiger partial charge in [0, 0.05) is 23.1 Å². The molecule has 25 heavy (non-hydrogen) atoms. The van der Waals surface area contributed by atoms with E-state index in [1.54, 1.807) is 0 Å². The Morgan fingerprint density at radius 1 is 1.24 bits per heavy atom. The maximum atomic E-state index is 12.7. The van der Waals surface area contributed by atoms with Crippen LogP contribution in [-0.2, 0) is 4.79 Å². The molecule has 134 valence electrons. The number of halogens is 1. The average Bonchev–Trinajstić information content (AvgIpc) is 3.10. The summed E-state index contributed by atoms with van der Waals surface area (Å²) in [6.07, 6.45) is 5.92. The molecule has 1 saturated carbocycles. The van der Waals surface area contributed by atoms with Crippen LogP contribution < -0.4 is 0 Å². The van der Waals surface area contributed by atoms with Crippen molar-refractivity contribution in [3.05, 3.63) is 28.7 Å². The highest BCUT2D eigenvalue weighted by Gasteiger charge is 2.27. The van der Waals surface area contributed by atoms with Crippen LogP contribution in [0.25, 0.3) is 11.5 Å². The van der Waals surface area contributed by atoms with Gasteiger partial charge >= 0.3 is 0 Å². The number of nitrogens with zero attached hydrogens (tertiary/aromatic N) is 3. The van der Waals surface area contributed by atoms with Crippen LogP contribution >= 0.6 is 27.7 Å². The molecule has 0 N–H and O–H groups in total. The van der Waals surface area contributed by atoms with Crippen LogP contribution in [0.1, 0.15) is 39.0 Å². The summed E-state index contributed by atoms with van der Waals surface area (Å²) in [5.41, 5.74) is 0.862. The SMILES string of the molecule is CC(Sc1nnc(-c2ccc(Br)cc2)o1)C(=O)N(C)C1CCCCC1. The molecular weight excluding hydrogens is 402 g/mol. The molecule has 0 radical (unpaired) electrons. The van der Waals surface area contributed by atoms with Crippen LogP contribution in [-0.4, -0.2) is 39.3 Å². The van der Waals surface area contributed by atoms with E-state index in [0.29, 0.717) is 17.2 Å². The molecule has 1 aliphatic rings. The molecular formula is C18H22BrN3O2S. The van der Waals surface area contributed by atoms with Crippen LogP contribution in [0, 0.1) is 0 Å². The second-order valence-corrected chi connectivity index (χ2v) is 8.59. The maximum Gasteiger partial charge on any atom is 0.277 e.